The molecule has 0 amide bonds. The van der Waals surface area contributed by atoms with Gasteiger partial charge >= 0.3 is 0 Å². The van der Waals surface area contributed by atoms with Gasteiger partial charge < -0.3 is 9.47 Å². The quantitative estimate of drug-likeness (QED) is 0.775. The monoisotopic (exact) mass is 256 g/mol. The van der Waals surface area contributed by atoms with Gasteiger partial charge in [-0.3, -0.25) is 0 Å². The van der Waals surface area contributed by atoms with E-state index in [1.54, 1.807) is 14.2 Å². The molecule has 1 aliphatic carbocycles. The summed E-state index contributed by atoms with van der Waals surface area (Å²) in [7, 11) is 3.36. The Morgan fingerprint density at radius 2 is 2.00 bits per heavy atom. The molecule has 14 heavy (non-hydrogen) atoms. The smallest absolute Gasteiger partial charge is 0.126 e. The molecule has 1 saturated carbocycles. The summed E-state index contributed by atoms with van der Waals surface area (Å²) in [5, 5.41) is 0. The van der Waals surface area contributed by atoms with Crippen molar-refractivity contribution in [1.82, 2.24) is 0 Å². The first-order valence-electron chi connectivity index (χ1n) is 4.62. The van der Waals surface area contributed by atoms with Crippen LogP contribution in [0.4, 0.5) is 0 Å². The molecule has 0 unspecified atom stereocenters. The highest BCUT2D eigenvalue weighted by Crippen LogP contribution is 2.49. The lowest BCUT2D eigenvalue weighted by atomic mass is 10.1. The number of halogens is 1. The number of ether oxygens (including phenoxy) is 2. The van der Waals surface area contributed by atoms with Gasteiger partial charge in [0.1, 0.15) is 11.5 Å². The number of methoxy groups -OCH3 is 2. The van der Waals surface area contributed by atoms with Crippen molar-refractivity contribution in [3.8, 4) is 11.5 Å². The largest absolute Gasteiger partial charge is 0.497 e. The first-order chi connectivity index (χ1) is 6.76. The van der Waals surface area contributed by atoms with E-state index < -0.39 is 0 Å². The maximum absolute atomic E-state index is 5.34. The van der Waals surface area contributed by atoms with Crippen molar-refractivity contribution in [3.05, 3.63) is 23.8 Å². The van der Waals surface area contributed by atoms with E-state index in [1.165, 1.54) is 12.0 Å². The van der Waals surface area contributed by atoms with Crippen LogP contribution in [-0.2, 0) is 0 Å². The molecule has 0 aromatic heterocycles. The number of alkyl halides is 1. The van der Waals surface area contributed by atoms with Crippen LogP contribution in [0, 0.1) is 0 Å². The maximum Gasteiger partial charge on any atom is 0.126 e. The Bertz CT molecular complexity index is 338. The van der Waals surface area contributed by atoms with Crippen molar-refractivity contribution in [3.63, 3.8) is 0 Å². The van der Waals surface area contributed by atoms with Crippen molar-refractivity contribution in [2.45, 2.75) is 17.2 Å². The summed E-state index contributed by atoms with van der Waals surface area (Å²) < 4.78 is 10.5. The second-order valence-electron chi connectivity index (χ2n) is 3.47. The molecule has 2 nitrogen and oxygen atoms in total. The minimum atomic E-state index is 0.607. The van der Waals surface area contributed by atoms with Crippen molar-refractivity contribution in [2.75, 3.05) is 14.2 Å². The number of hydrogen-bond donors (Lipinski definition) is 0. The molecule has 1 aliphatic rings. The molecule has 0 bridgehead atoms. The van der Waals surface area contributed by atoms with Crippen molar-refractivity contribution < 1.29 is 9.47 Å². The van der Waals surface area contributed by atoms with E-state index in [0.717, 1.165) is 11.5 Å². The summed E-state index contributed by atoms with van der Waals surface area (Å²) >= 11 is 3.60. The predicted molar refractivity (Wildman–Crippen MR) is 59.6 cm³/mol. The van der Waals surface area contributed by atoms with Crippen molar-refractivity contribution >= 4 is 15.9 Å². The Morgan fingerprint density at radius 1 is 1.29 bits per heavy atom. The maximum atomic E-state index is 5.34. The van der Waals surface area contributed by atoms with E-state index >= 15 is 0 Å². The van der Waals surface area contributed by atoms with E-state index in [-0.39, 0.29) is 0 Å². The zero-order valence-corrected chi connectivity index (χ0v) is 9.87. The second kappa shape index (κ2) is 3.81. The number of rotatable bonds is 3. The minimum absolute atomic E-state index is 0.607. The van der Waals surface area contributed by atoms with Gasteiger partial charge in [-0.05, 0) is 18.1 Å². The summed E-state index contributed by atoms with van der Waals surface area (Å²) in [4.78, 5) is 0.616. The van der Waals surface area contributed by atoms with Gasteiger partial charge in [0.15, 0.2) is 0 Å². The first kappa shape index (κ1) is 9.84. The summed E-state index contributed by atoms with van der Waals surface area (Å²) in [5.41, 5.74) is 1.27. The SMILES string of the molecule is COc1ccc([C@@H]2C[C@H]2Br)c(OC)c1. The first-order valence-corrected chi connectivity index (χ1v) is 5.54. The van der Waals surface area contributed by atoms with Gasteiger partial charge in [-0.15, -0.1) is 0 Å². The van der Waals surface area contributed by atoms with Crippen LogP contribution in [-0.4, -0.2) is 19.0 Å². The van der Waals surface area contributed by atoms with E-state index in [1.807, 2.05) is 12.1 Å². The van der Waals surface area contributed by atoms with Crippen LogP contribution >= 0.6 is 15.9 Å². The van der Waals surface area contributed by atoms with Gasteiger partial charge in [0.05, 0.1) is 14.2 Å². The fourth-order valence-electron chi connectivity index (χ4n) is 1.61. The zero-order valence-electron chi connectivity index (χ0n) is 8.29. The molecule has 0 spiro atoms. The van der Waals surface area contributed by atoms with Crippen molar-refractivity contribution in [2.24, 2.45) is 0 Å². The third-order valence-electron chi connectivity index (χ3n) is 2.55. The third-order valence-corrected chi connectivity index (χ3v) is 3.56. The average Bonchev–Trinajstić information content (AvgIpc) is 2.94. The molecule has 1 aromatic carbocycles. The highest BCUT2D eigenvalue weighted by molar-refractivity contribution is 9.09. The molecule has 1 aromatic rings. The lowest BCUT2D eigenvalue weighted by Gasteiger charge is -2.09. The molecule has 3 heteroatoms. The number of benzene rings is 1. The van der Waals surface area contributed by atoms with Gasteiger partial charge in [-0.1, -0.05) is 22.0 Å². The molecular weight excluding hydrogens is 244 g/mol. The fraction of sp³-hybridized carbons (Fsp3) is 0.455. The number of hydrogen-bond acceptors (Lipinski definition) is 2. The van der Waals surface area contributed by atoms with Crippen LogP contribution in [0.15, 0.2) is 18.2 Å². The Morgan fingerprint density at radius 3 is 2.50 bits per heavy atom. The molecule has 76 valence electrons. The Kier molecular flexibility index (Phi) is 2.68. The summed E-state index contributed by atoms with van der Waals surface area (Å²) in [6.07, 6.45) is 1.20. The van der Waals surface area contributed by atoms with Crippen LogP contribution < -0.4 is 9.47 Å². The molecule has 0 radical (unpaired) electrons. The summed E-state index contributed by atoms with van der Waals surface area (Å²) in [6.45, 7) is 0. The predicted octanol–water partition coefficient (Wildman–Crippen LogP) is 2.95. The Labute approximate surface area is 92.3 Å². The van der Waals surface area contributed by atoms with E-state index in [9.17, 15) is 0 Å². The van der Waals surface area contributed by atoms with Gasteiger partial charge in [-0.2, -0.15) is 0 Å². The van der Waals surface area contributed by atoms with Crippen LogP contribution in [0.3, 0.4) is 0 Å². The lowest BCUT2D eigenvalue weighted by molar-refractivity contribution is 0.391. The van der Waals surface area contributed by atoms with Gasteiger partial charge in [0, 0.05) is 16.8 Å². The lowest BCUT2D eigenvalue weighted by Crippen LogP contribution is -1.92. The van der Waals surface area contributed by atoms with Gasteiger partial charge in [-0.25, -0.2) is 0 Å². The topological polar surface area (TPSA) is 18.5 Å². The van der Waals surface area contributed by atoms with Gasteiger partial charge in [0.25, 0.3) is 0 Å². The van der Waals surface area contributed by atoms with Crippen LogP contribution in [0.1, 0.15) is 17.9 Å². The van der Waals surface area contributed by atoms with E-state index in [0.29, 0.717) is 10.7 Å². The van der Waals surface area contributed by atoms with Crippen LogP contribution in [0.25, 0.3) is 0 Å². The molecule has 2 atom stereocenters. The third kappa shape index (κ3) is 1.73. The standard InChI is InChI=1S/C11H13BrO2/c1-13-7-3-4-8(9-6-10(9)12)11(5-7)14-2/h3-5,9-10H,6H2,1-2H3/t9-,10+/m0/s1. The van der Waals surface area contributed by atoms with Gasteiger partial charge in [0.2, 0.25) is 0 Å². The highest BCUT2D eigenvalue weighted by atomic mass is 79.9. The highest BCUT2D eigenvalue weighted by Gasteiger charge is 2.37. The minimum Gasteiger partial charge on any atom is -0.497 e. The van der Waals surface area contributed by atoms with Crippen molar-refractivity contribution in [1.29, 1.82) is 0 Å². The molecular formula is C11H13BrO2. The van der Waals surface area contributed by atoms with Crippen LogP contribution in [0.5, 0.6) is 11.5 Å². The van der Waals surface area contributed by atoms with Crippen LogP contribution in [0.2, 0.25) is 0 Å². The zero-order chi connectivity index (χ0) is 10.1. The fourth-order valence-corrected chi connectivity index (χ4v) is 2.30. The molecule has 2 rings (SSSR count). The Hall–Kier alpha value is -0.700. The summed E-state index contributed by atoms with van der Waals surface area (Å²) in [6, 6.07) is 6.01. The van der Waals surface area contributed by atoms with E-state index in [4.69, 9.17) is 9.47 Å². The summed E-state index contributed by atoms with van der Waals surface area (Å²) in [5.74, 6) is 2.38. The van der Waals surface area contributed by atoms with E-state index in [2.05, 4.69) is 22.0 Å². The molecule has 0 N–H and O–H groups in total. The Balaban J connectivity index is 2.30. The normalized spacial score (nSPS) is 24.5. The molecule has 1 fully saturated rings. The second-order valence-corrected chi connectivity index (χ2v) is 4.64. The molecule has 0 saturated heterocycles. The molecule has 0 aliphatic heterocycles. The average molecular weight is 257 g/mol. The molecule has 0 heterocycles.